The molecule has 1 heterocycles. The Morgan fingerprint density at radius 3 is 2.38 bits per heavy atom. The van der Waals surface area contributed by atoms with Crippen molar-refractivity contribution in [1.82, 2.24) is 9.88 Å². The standard InChI is InChI=1S/C22H35N3O3S/c1-4-19-18(14-20(26)28-5-2)23-21(29-19)24-22(27)25(16-8-6-7-9-16)17-12-10-15(3)11-13-17/h15-17H,4-14H2,1-3H3,(H,23,24,27). The molecule has 0 saturated heterocycles. The molecule has 162 valence electrons. The number of amides is 2. The van der Waals surface area contributed by atoms with Gasteiger partial charge in [0.15, 0.2) is 5.13 Å². The lowest BCUT2D eigenvalue weighted by Crippen LogP contribution is -2.49. The van der Waals surface area contributed by atoms with Gasteiger partial charge in [-0.2, -0.15) is 0 Å². The van der Waals surface area contributed by atoms with Gasteiger partial charge in [0.1, 0.15) is 0 Å². The van der Waals surface area contributed by atoms with Gasteiger partial charge in [0.05, 0.1) is 18.7 Å². The SMILES string of the molecule is CCOC(=O)Cc1nc(NC(=O)N(C2CCCC2)C2CCC(C)CC2)sc1CC. The molecule has 1 N–H and O–H groups in total. The van der Waals surface area contributed by atoms with Crippen LogP contribution in [0.3, 0.4) is 0 Å². The second-order valence-electron chi connectivity index (χ2n) is 8.41. The zero-order valence-electron chi connectivity index (χ0n) is 18.0. The number of carbonyl (C=O) groups is 2. The molecule has 29 heavy (non-hydrogen) atoms. The summed E-state index contributed by atoms with van der Waals surface area (Å²) < 4.78 is 5.06. The molecule has 1 aromatic heterocycles. The summed E-state index contributed by atoms with van der Waals surface area (Å²) in [5.74, 6) is 0.491. The van der Waals surface area contributed by atoms with E-state index in [0.29, 0.717) is 23.8 Å². The molecule has 6 nitrogen and oxygen atoms in total. The first kappa shape index (κ1) is 22.1. The van der Waals surface area contributed by atoms with Gasteiger partial charge in [0, 0.05) is 17.0 Å². The van der Waals surface area contributed by atoms with Crippen LogP contribution in [0.4, 0.5) is 9.93 Å². The molecule has 2 amide bonds. The normalized spacial score (nSPS) is 22.4. The summed E-state index contributed by atoms with van der Waals surface area (Å²) in [5.41, 5.74) is 0.727. The Hall–Kier alpha value is -1.63. The molecule has 0 atom stereocenters. The Morgan fingerprint density at radius 2 is 1.76 bits per heavy atom. The van der Waals surface area contributed by atoms with Gasteiger partial charge < -0.3 is 9.64 Å². The van der Waals surface area contributed by atoms with Crippen LogP contribution < -0.4 is 5.32 Å². The van der Waals surface area contributed by atoms with Gasteiger partial charge in [0.25, 0.3) is 0 Å². The molecule has 0 bridgehead atoms. The van der Waals surface area contributed by atoms with E-state index < -0.39 is 0 Å². The number of hydrogen-bond donors (Lipinski definition) is 1. The third-order valence-corrected chi connectivity index (χ3v) is 7.42. The van der Waals surface area contributed by atoms with Crippen LogP contribution in [0.25, 0.3) is 0 Å². The van der Waals surface area contributed by atoms with E-state index in [4.69, 9.17) is 4.74 Å². The molecular weight excluding hydrogens is 386 g/mol. The van der Waals surface area contributed by atoms with Crippen LogP contribution in [0.1, 0.15) is 82.7 Å². The van der Waals surface area contributed by atoms with Gasteiger partial charge in [0.2, 0.25) is 0 Å². The van der Waals surface area contributed by atoms with E-state index in [0.717, 1.165) is 48.6 Å². The van der Waals surface area contributed by atoms with Crippen molar-refractivity contribution >= 4 is 28.5 Å². The Labute approximate surface area is 178 Å². The van der Waals surface area contributed by atoms with Crippen molar-refractivity contribution in [3.8, 4) is 0 Å². The van der Waals surface area contributed by atoms with Crippen LogP contribution in [0.15, 0.2) is 0 Å². The molecule has 0 aromatic carbocycles. The molecule has 0 spiro atoms. The topological polar surface area (TPSA) is 71.5 Å². The number of nitrogens with zero attached hydrogens (tertiary/aromatic N) is 2. The Balaban J connectivity index is 1.71. The highest BCUT2D eigenvalue weighted by atomic mass is 32.1. The lowest BCUT2D eigenvalue weighted by atomic mass is 9.86. The quantitative estimate of drug-likeness (QED) is 0.617. The van der Waals surface area contributed by atoms with Crippen molar-refractivity contribution in [2.45, 2.75) is 97.1 Å². The monoisotopic (exact) mass is 421 g/mol. The maximum atomic E-state index is 13.3. The maximum Gasteiger partial charge on any atom is 0.324 e. The number of esters is 1. The molecule has 7 heteroatoms. The van der Waals surface area contributed by atoms with Crippen LogP contribution in [0.5, 0.6) is 0 Å². The van der Waals surface area contributed by atoms with E-state index in [2.05, 4.69) is 22.1 Å². The lowest BCUT2D eigenvalue weighted by molar-refractivity contribution is -0.142. The summed E-state index contributed by atoms with van der Waals surface area (Å²) in [7, 11) is 0. The maximum absolute atomic E-state index is 13.3. The summed E-state index contributed by atoms with van der Waals surface area (Å²) in [4.78, 5) is 32.9. The van der Waals surface area contributed by atoms with Crippen molar-refractivity contribution < 1.29 is 14.3 Å². The Kier molecular flexibility index (Phi) is 7.92. The summed E-state index contributed by atoms with van der Waals surface area (Å²) in [6, 6.07) is 0.660. The number of carbonyl (C=O) groups excluding carboxylic acids is 2. The first-order valence-electron chi connectivity index (χ1n) is 11.2. The minimum atomic E-state index is -0.269. The van der Waals surface area contributed by atoms with Gasteiger partial charge in [-0.3, -0.25) is 10.1 Å². The molecular formula is C22H35N3O3S. The highest BCUT2D eigenvalue weighted by Crippen LogP contribution is 2.34. The average molecular weight is 422 g/mol. The van der Waals surface area contributed by atoms with E-state index in [9.17, 15) is 9.59 Å². The van der Waals surface area contributed by atoms with Crippen LogP contribution in [0, 0.1) is 5.92 Å². The second-order valence-corrected chi connectivity index (χ2v) is 9.50. The fourth-order valence-corrected chi connectivity index (χ4v) is 5.60. The van der Waals surface area contributed by atoms with Gasteiger partial charge >= 0.3 is 12.0 Å². The fraction of sp³-hybridized carbons (Fsp3) is 0.773. The third kappa shape index (κ3) is 5.71. The predicted octanol–water partition coefficient (Wildman–Crippen LogP) is 5.17. The first-order chi connectivity index (χ1) is 14.0. The Bertz CT molecular complexity index is 691. The first-order valence-corrected chi connectivity index (χ1v) is 12.1. The lowest BCUT2D eigenvalue weighted by Gasteiger charge is -2.39. The zero-order valence-corrected chi connectivity index (χ0v) is 18.9. The predicted molar refractivity (Wildman–Crippen MR) is 116 cm³/mol. The molecule has 0 aliphatic heterocycles. The van der Waals surface area contributed by atoms with Gasteiger partial charge in [-0.1, -0.05) is 26.7 Å². The van der Waals surface area contributed by atoms with E-state index in [1.807, 2.05) is 6.92 Å². The smallest absolute Gasteiger partial charge is 0.324 e. The number of urea groups is 1. The van der Waals surface area contributed by atoms with Crippen LogP contribution in [-0.4, -0.2) is 40.6 Å². The van der Waals surface area contributed by atoms with Gasteiger partial charge in [-0.25, -0.2) is 9.78 Å². The van der Waals surface area contributed by atoms with Crippen molar-refractivity contribution in [3.05, 3.63) is 10.6 Å². The number of hydrogen-bond acceptors (Lipinski definition) is 5. The van der Waals surface area contributed by atoms with Crippen molar-refractivity contribution in [2.75, 3.05) is 11.9 Å². The largest absolute Gasteiger partial charge is 0.466 e. The number of ether oxygens (including phenoxy) is 1. The van der Waals surface area contributed by atoms with E-state index in [1.54, 1.807) is 6.92 Å². The zero-order chi connectivity index (χ0) is 20.8. The van der Waals surface area contributed by atoms with Gasteiger partial charge in [-0.05, 0) is 57.8 Å². The van der Waals surface area contributed by atoms with Crippen molar-refractivity contribution in [1.29, 1.82) is 0 Å². The molecule has 2 aliphatic carbocycles. The van der Waals surface area contributed by atoms with E-state index in [-0.39, 0.29) is 18.4 Å². The number of nitrogens with one attached hydrogen (secondary N) is 1. The molecule has 2 aliphatic rings. The number of rotatable bonds is 7. The number of aryl methyl sites for hydroxylation is 1. The number of thiazole rings is 1. The summed E-state index contributed by atoms with van der Waals surface area (Å²) >= 11 is 1.48. The minimum Gasteiger partial charge on any atom is -0.466 e. The van der Waals surface area contributed by atoms with Crippen molar-refractivity contribution in [3.63, 3.8) is 0 Å². The molecule has 1 aromatic rings. The second kappa shape index (κ2) is 10.4. The van der Waals surface area contributed by atoms with Crippen molar-refractivity contribution in [2.24, 2.45) is 5.92 Å². The molecule has 0 unspecified atom stereocenters. The third-order valence-electron chi connectivity index (χ3n) is 6.26. The molecule has 0 radical (unpaired) electrons. The van der Waals surface area contributed by atoms with Crippen LogP contribution in [0.2, 0.25) is 0 Å². The molecule has 2 saturated carbocycles. The highest BCUT2D eigenvalue weighted by molar-refractivity contribution is 7.15. The van der Waals surface area contributed by atoms with Crippen LogP contribution >= 0.6 is 11.3 Å². The highest BCUT2D eigenvalue weighted by Gasteiger charge is 2.34. The van der Waals surface area contributed by atoms with E-state index in [1.165, 1.54) is 37.0 Å². The fourth-order valence-electron chi connectivity index (χ4n) is 4.69. The number of aromatic nitrogens is 1. The summed E-state index contributed by atoms with van der Waals surface area (Å²) in [6.45, 7) is 6.52. The number of anilines is 1. The van der Waals surface area contributed by atoms with Gasteiger partial charge in [-0.15, -0.1) is 11.3 Å². The summed E-state index contributed by atoms with van der Waals surface area (Å²) in [5, 5.41) is 3.67. The van der Waals surface area contributed by atoms with E-state index >= 15 is 0 Å². The van der Waals surface area contributed by atoms with Crippen LogP contribution in [-0.2, 0) is 22.4 Å². The molecule has 3 rings (SSSR count). The summed E-state index contributed by atoms with van der Waals surface area (Å²) in [6.07, 6.45) is 10.2. The minimum absolute atomic E-state index is 0.0180. The molecule has 2 fully saturated rings. The Morgan fingerprint density at radius 1 is 1.10 bits per heavy atom. The average Bonchev–Trinajstić information content (AvgIpc) is 3.34.